The quantitative estimate of drug-likeness (QED) is 0.651. The van der Waals surface area contributed by atoms with Crippen LogP contribution in [0.5, 0.6) is 0 Å². The number of hydrogen-bond acceptors (Lipinski definition) is 4. The van der Waals surface area contributed by atoms with Crippen LogP contribution in [0, 0.1) is 5.92 Å². The van der Waals surface area contributed by atoms with Gasteiger partial charge in [-0.05, 0) is 42.9 Å². The van der Waals surface area contributed by atoms with E-state index in [-0.39, 0.29) is 11.9 Å². The highest BCUT2D eigenvalue weighted by Gasteiger charge is 2.22. The molecule has 6 heteroatoms. The lowest BCUT2D eigenvalue weighted by Gasteiger charge is -2.18. The molecule has 5 nitrogen and oxygen atoms in total. The van der Waals surface area contributed by atoms with E-state index >= 15 is 0 Å². The van der Waals surface area contributed by atoms with E-state index in [1.165, 1.54) is 0 Å². The van der Waals surface area contributed by atoms with Crippen molar-refractivity contribution in [2.45, 2.75) is 32.1 Å². The van der Waals surface area contributed by atoms with Gasteiger partial charge >= 0.3 is 0 Å². The summed E-state index contributed by atoms with van der Waals surface area (Å²) >= 11 is 1.66. The molecule has 2 N–H and O–H groups in total. The van der Waals surface area contributed by atoms with Gasteiger partial charge < -0.3 is 14.7 Å². The molecule has 0 radical (unpaired) electrons. The van der Waals surface area contributed by atoms with Crippen LogP contribution in [0.1, 0.15) is 48.4 Å². The van der Waals surface area contributed by atoms with Crippen LogP contribution in [0.4, 0.5) is 0 Å². The number of aromatic nitrogens is 2. The SMILES string of the molecule is CSCc1ccc(C(=O)NC(CC(C)C)c2nc3ccccc3[nH]2)o1. The number of imidazole rings is 1. The molecule has 25 heavy (non-hydrogen) atoms. The van der Waals surface area contributed by atoms with Crippen LogP contribution >= 0.6 is 11.8 Å². The van der Waals surface area contributed by atoms with Gasteiger partial charge in [0.1, 0.15) is 11.6 Å². The fourth-order valence-corrected chi connectivity index (χ4v) is 3.24. The molecule has 1 unspecified atom stereocenters. The highest BCUT2D eigenvalue weighted by atomic mass is 32.2. The number of aromatic amines is 1. The average Bonchev–Trinajstić information content (AvgIpc) is 3.20. The summed E-state index contributed by atoms with van der Waals surface area (Å²) in [5.41, 5.74) is 1.88. The highest BCUT2D eigenvalue weighted by molar-refractivity contribution is 7.97. The third-order valence-electron chi connectivity index (χ3n) is 3.92. The molecular weight excluding hydrogens is 334 g/mol. The number of carbonyl (C=O) groups excluding carboxylic acids is 1. The molecule has 3 aromatic rings. The lowest BCUT2D eigenvalue weighted by Crippen LogP contribution is -2.30. The van der Waals surface area contributed by atoms with Gasteiger partial charge in [0.15, 0.2) is 5.76 Å². The molecule has 0 saturated carbocycles. The molecule has 0 aliphatic heterocycles. The zero-order chi connectivity index (χ0) is 17.8. The predicted molar refractivity (Wildman–Crippen MR) is 102 cm³/mol. The number of H-pyrrole nitrogens is 1. The Hall–Kier alpha value is -2.21. The average molecular weight is 357 g/mol. The molecule has 0 fully saturated rings. The molecule has 1 aromatic carbocycles. The van der Waals surface area contributed by atoms with Gasteiger partial charge in [-0.1, -0.05) is 26.0 Å². The lowest BCUT2D eigenvalue weighted by atomic mass is 10.0. The Kier molecular flexibility index (Phi) is 5.48. The smallest absolute Gasteiger partial charge is 0.287 e. The fraction of sp³-hybridized carbons (Fsp3) is 0.368. The first-order chi connectivity index (χ1) is 12.1. The van der Waals surface area contributed by atoms with Crippen LogP contribution < -0.4 is 5.32 Å². The number of fused-ring (bicyclic) bond motifs is 1. The number of benzene rings is 1. The summed E-state index contributed by atoms with van der Waals surface area (Å²) < 4.78 is 5.62. The Morgan fingerprint density at radius 3 is 2.80 bits per heavy atom. The van der Waals surface area contributed by atoms with Gasteiger partial charge in [-0.3, -0.25) is 4.79 Å². The maximum atomic E-state index is 12.6. The molecule has 2 aromatic heterocycles. The second kappa shape index (κ2) is 7.78. The Labute approximate surface area is 151 Å². The third-order valence-corrected chi connectivity index (χ3v) is 4.50. The standard InChI is InChI=1S/C19H23N3O2S/c1-12(2)10-16(18-20-14-6-4-5-7-15(14)21-18)22-19(23)17-9-8-13(24-17)11-25-3/h4-9,12,16H,10-11H2,1-3H3,(H,20,21)(H,22,23). The first-order valence-electron chi connectivity index (χ1n) is 8.40. The second-order valence-corrected chi connectivity index (χ2v) is 7.36. The van der Waals surface area contributed by atoms with Gasteiger partial charge in [-0.2, -0.15) is 11.8 Å². The van der Waals surface area contributed by atoms with Gasteiger partial charge in [-0.15, -0.1) is 0 Å². The lowest BCUT2D eigenvalue weighted by molar-refractivity contribution is 0.0900. The number of amides is 1. The number of carbonyl (C=O) groups is 1. The number of rotatable bonds is 7. The molecule has 2 heterocycles. The molecule has 0 saturated heterocycles. The summed E-state index contributed by atoms with van der Waals surface area (Å²) in [5, 5.41) is 3.06. The first-order valence-corrected chi connectivity index (χ1v) is 9.79. The van der Waals surface area contributed by atoms with Crippen molar-refractivity contribution in [1.29, 1.82) is 0 Å². The van der Waals surface area contributed by atoms with E-state index in [1.54, 1.807) is 17.8 Å². The van der Waals surface area contributed by atoms with E-state index in [9.17, 15) is 4.79 Å². The predicted octanol–water partition coefficient (Wildman–Crippen LogP) is 4.54. The van der Waals surface area contributed by atoms with Crippen molar-refractivity contribution >= 4 is 28.7 Å². The minimum atomic E-state index is -0.210. The summed E-state index contributed by atoms with van der Waals surface area (Å²) in [5.74, 6) is 2.89. The van der Waals surface area contributed by atoms with Gasteiger partial charge in [0.25, 0.3) is 5.91 Å². The molecular formula is C19H23N3O2S. The van der Waals surface area contributed by atoms with E-state index in [0.29, 0.717) is 11.7 Å². The zero-order valence-electron chi connectivity index (χ0n) is 14.7. The van der Waals surface area contributed by atoms with Crippen molar-refractivity contribution in [2.75, 3.05) is 6.26 Å². The van der Waals surface area contributed by atoms with Gasteiger partial charge in [0.2, 0.25) is 0 Å². The number of thioether (sulfide) groups is 1. The third kappa shape index (κ3) is 4.25. The molecule has 3 rings (SSSR count). The molecule has 1 amide bonds. The van der Waals surface area contributed by atoms with E-state index in [0.717, 1.165) is 34.8 Å². The zero-order valence-corrected chi connectivity index (χ0v) is 15.5. The topological polar surface area (TPSA) is 70.9 Å². The Bertz CT molecular complexity index is 820. The van der Waals surface area contributed by atoms with Crippen molar-refractivity contribution in [1.82, 2.24) is 15.3 Å². The molecule has 0 aliphatic carbocycles. The fourth-order valence-electron chi connectivity index (χ4n) is 2.80. The minimum absolute atomic E-state index is 0.186. The van der Waals surface area contributed by atoms with Gasteiger partial charge in [0, 0.05) is 0 Å². The summed E-state index contributed by atoms with van der Waals surface area (Å²) in [6, 6.07) is 11.3. The van der Waals surface area contributed by atoms with E-state index in [1.807, 2.05) is 36.6 Å². The van der Waals surface area contributed by atoms with E-state index in [2.05, 4.69) is 29.1 Å². The van der Waals surface area contributed by atoms with Crippen molar-refractivity contribution in [2.24, 2.45) is 5.92 Å². The van der Waals surface area contributed by atoms with Crippen LogP contribution in [-0.4, -0.2) is 22.1 Å². The molecule has 132 valence electrons. The van der Waals surface area contributed by atoms with Gasteiger partial charge in [-0.25, -0.2) is 4.98 Å². The molecule has 0 bridgehead atoms. The number of hydrogen-bond donors (Lipinski definition) is 2. The van der Waals surface area contributed by atoms with Crippen molar-refractivity contribution in [3.05, 3.63) is 53.7 Å². The van der Waals surface area contributed by atoms with Crippen LogP contribution in [0.3, 0.4) is 0 Å². The Balaban J connectivity index is 1.81. The second-order valence-electron chi connectivity index (χ2n) is 6.49. The molecule has 0 spiro atoms. The van der Waals surface area contributed by atoms with Crippen molar-refractivity contribution < 1.29 is 9.21 Å². The van der Waals surface area contributed by atoms with Crippen LogP contribution in [0.2, 0.25) is 0 Å². The Morgan fingerprint density at radius 2 is 2.08 bits per heavy atom. The largest absolute Gasteiger partial charge is 0.455 e. The summed E-state index contributed by atoms with van der Waals surface area (Å²) in [6.45, 7) is 4.26. The van der Waals surface area contributed by atoms with Gasteiger partial charge in [0.05, 0.1) is 22.8 Å². The number of furan rings is 1. The van der Waals surface area contributed by atoms with Crippen LogP contribution in [-0.2, 0) is 5.75 Å². The summed E-state index contributed by atoms with van der Waals surface area (Å²) in [6.07, 6.45) is 2.80. The summed E-state index contributed by atoms with van der Waals surface area (Å²) in [7, 11) is 0. The van der Waals surface area contributed by atoms with E-state index < -0.39 is 0 Å². The molecule has 0 aliphatic rings. The van der Waals surface area contributed by atoms with Crippen LogP contribution in [0.25, 0.3) is 11.0 Å². The Morgan fingerprint density at radius 1 is 1.28 bits per heavy atom. The number of nitrogens with one attached hydrogen (secondary N) is 2. The van der Waals surface area contributed by atoms with E-state index in [4.69, 9.17) is 4.42 Å². The summed E-state index contributed by atoms with van der Waals surface area (Å²) in [4.78, 5) is 20.6. The normalized spacial score (nSPS) is 12.6. The van der Waals surface area contributed by atoms with Crippen LogP contribution in [0.15, 0.2) is 40.8 Å². The van der Waals surface area contributed by atoms with Crippen molar-refractivity contribution in [3.63, 3.8) is 0 Å². The number of para-hydroxylation sites is 2. The number of nitrogens with zero attached hydrogens (tertiary/aromatic N) is 1. The highest BCUT2D eigenvalue weighted by Crippen LogP contribution is 2.23. The van der Waals surface area contributed by atoms with Crippen molar-refractivity contribution in [3.8, 4) is 0 Å². The minimum Gasteiger partial charge on any atom is -0.455 e. The maximum Gasteiger partial charge on any atom is 0.287 e. The first kappa shape index (κ1) is 17.6. The maximum absolute atomic E-state index is 12.6. The molecule has 1 atom stereocenters. The monoisotopic (exact) mass is 357 g/mol.